The van der Waals surface area contributed by atoms with Gasteiger partial charge in [0.25, 0.3) is 0 Å². The molecule has 100 valence electrons. The third-order valence-corrected chi connectivity index (χ3v) is 3.32. The predicted octanol–water partition coefficient (Wildman–Crippen LogP) is 4.05. The summed E-state index contributed by atoms with van der Waals surface area (Å²) in [4.78, 5) is 14.8. The number of ether oxygens (including phenoxy) is 1. The lowest BCUT2D eigenvalue weighted by Crippen LogP contribution is -1.95. The van der Waals surface area contributed by atoms with E-state index in [1.807, 2.05) is 55.5 Å². The molecule has 1 heterocycles. The van der Waals surface area contributed by atoms with Crippen LogP contribution in [0.15, 0.2) is 48.5 Å². The van der Waals surface area contributed by atoms with Crippen LogP contribution in [0.3, 0.4) is 0 Å². The van der Waals surface area contributed by atoms with E-state index in [2.05, 4.69) is 4.98 Å². The van der Waals surface area contributed by atoms with Crippen LogP contribution in [0.2, 0.25) is 0 Å². The number of hydrogen-bond donors (Lipinski definition) is 1. The fraction of sp³-hybridized carbons (Fsp3) is 0.118. The van der Waals surface area contributed by atoms with Crippen molar-refractivity contribution in [2.24, 2.45) is 0 Å². The Morgan fingerprint density at radius 2 is 1.85 bits per heavy atom. The Bertz CT molecular complexity index is 759. The zero-order valence-corrected chi connectivity index (χ0v) is 11.2. The van der Waals surface area contributed by atoms with Gasteiger partial charge in [0.15, 0.2) is 6.29 Å². The molecule has 20 heavy (non-hydrogen) atoms. The SMILES string of the molecule is CCOc1ccccc1-c1[nH]c2ccccc2c1C=O. The van der Waals surface area contributed by atoms with Gasteiger partial charge in [0.2, 0.25) is 0 Å². The van der Waals surface area contributed by atoms with Crippen LogP contribution in [0.1, 0.15) is 17.3 Å². The molecule has 0 unspecified atom stereocenters. The Kier molecular flexibility index (Phi) is 3.25. The highest BCUT2D eigenvalue weighted by molar-refractivity contribution is 6.04. The first-order valence-electron chi connectivity index (χ1n) is 6.63. The molecule has 3 heteroatoms. The molecule has 3 nitrogen and oxygen atoms in total. The van der Waals surface area contributed by atoms with Crippen LogP contribution in [-0.2, 0) is 0 Å². The average molecular weight is 265 g/mol. The molecule has 3 aromatic rings. The molecule has 0 saturated carbocycles. The van der Waals surface area contributed by atoms with Crippen LogP contribution in [0, 0.1) is 0 Å². The van der Waals surface area contributed by atoms with Crippen LogP contribution < -0.4 is 4.74 Å². The van der Waals surface area contributed by atoms with Gasteiger partial charge in [0, 0.05) is 22.0 Å². The summed E-state index contributed by atoms with van der Waals surface area (Å²) in [5, 5.41) is 0.934. The topological polar surface area (TPSA) is 42.1 Å². The summed E-state index contributed by atoms with van der Waals surface area (Å²) < 4.78 is 5.65. The molecule has 0 amide bonds. The number of aromatic amines is 1. The fourth-order valence-electron chi connectivity index (χ4n) is 2.45. The van der Waals surface area contributed by atoms with E-state index in [0.29, 0.717) is 12.2 Å². The number of rotatable bonds is 4. The number of hydrogen-bond acceptors (Lipinski definition) is 2. The molecule has 0 aliphatic heterocycles. The Morgan fingerprint density at radius 1 is 1.10 bits per heavy atom. The monoisotopic (exact) mass is 265 g/mol. The largest absolute Gasteiger partial charge is 0.493 e. The minimum atomic E-state index is 0.591. The number of nitrogens with one attached hydrogen (secondary N) is 1. The van der Waals surface area contributed by atoms with Gasteiger partial charge in [-0.15, -0.1) is 0 Å². The molecular formula is C17H15NO2. The van der Waals surface area contributed by atoms with E-state index in [1.165, 1.54) is 0 Å². The van der Waals surface area contributed by atoms with Crippen LogP contribution in [-0.4, -0.2) is 17.9 Å². The van der Waals surface area contributed by atoms with Gasteiger partial charge in [0.05, 0.1) is 12.3 Å². The predicted molar refractivity (Wildman–Crippen MR) is 80.3 cm³/mol. The maximum atomic E-state index is 11.5. The third-order valence-electron chi connectivity index (χ3n) is 3.32. The van der Waals surface area contributed by atoms with Gasteiger partial charge in [-0.1, -0.05) is 30.3 Å². The molecule has 0 spiro atoms. The summed E-state index contributed by atoms with van der Waals surface area (Å²) >= 11 is 0. The molecule has 0 bridgehead atoms. The first kappa shape index (κ1) is 12.5. The smallest absolute Gasteiger partial charge is 0.152 e. The van der Waals surface area contributed by atoms with Crippen molar-refractivity contribution in [3.8, 4) is 17.0 Å². The lowest BCUT2D eigenvalue weighted by molar-refractivity contribution is 0.112. The number of carbonyl (C=O) groups is 1. The lowest BCUT2D eigenvalue weighted by Gasteiger charge is -2.09. The molecular weight excluding hydrogens is 250 g/mol. The summed E-state index contributed by atoms with van der Waals surface area (Å²) in [6.45, 7) is 2.54. The Balaban J connectivity index is 2.27. The summed E-state index contributed by atoms with van der Waals surface area (Å²) in [7, 11) is 0. The molecule has 0 radical (unpaired) electrons. The minimum Gasteiger partial charge on any atom is -0.493 e. The van der Waals surface area contributed by atoms with Crippen LogP contribution in [0.4, 0.5) is 0 Å². The molecule has 1 aromatic heterocycles. The van der Waals surface area contributed by atoms with Gasteiger partial charge in [-0.05, 0) is 25.1 Å². The Hall–Kier alpha value is -2.55. The fourth-order valence-corrected chi connectivity index (χ4v) is 2.45. The highest BCUT2D eigenvalue weighted by Crippen LogP contribution is 2.34. The third kappa shape index (κ3) is 1.97. The standard InChI is InChI=1S/C17H15NO2/c1-2-20-16-10-6-4-8-13(16)17-14(11-19)12-7-3-5-9-15(12)18-17/h3-11,18H,2H2,1H3. The molecule has 0 aliphatic rings. The van der Waals surface area contributed by atoms with Crippen LogP contribution in [0.25, 0.3) is 22.2 Å². The van der Waals surface area contributed by atoms with Gasteiger partial charge < -0.3 is 9.72 Å². The first-order chi connectivity index (χ1) is 9.85. The van der Waals surface area contributed by atoms with E-state index in [1.54, 1.807) is 0 Å². The molecule has 0 saturated heterocycles. The van der Waals surface area contributed by atoms with Gasteiger partial charge in [-0.2, -0.15) is 0 Å². The van der Waals surface area contributed by atoms with Crippen molar-refractivity contribution in [1.29, 1.82) is 0 Å². The lowest BCUT2D eigenvalue weighted by atomic mass is 10.1. The summed E-state index contributed by atoms with van der Waals surface area (Å²) in [5.74, 6) is 0.782. The summed E-state index contributed by atoms with van der Waals surface area (Å²) in [5.41, 5.74) is 3.35. The highest BCUT2D eigenvalue weighted by atomic mass is 16.5. The van der Waals surface area contributed by atoms with Gasteiger partial charge in [-0.25, -0.2) is 0 Å². The van der Waals surface area contributed by atoms with Crippen molar-refractivity contribution in [3.05, 3.63) is 54.1 Å². The number of aldehydes is 1. The molecule has 3 rings (SSSR count). The van der Waals surface area contributed by atoms with Gasteiger partial charge >= 0.3 is 0 Å². The number of H-pyrrole nitrogens is 1. The quantitative estimate of drug-likeness (QED) is 0.723. The van der Waals surface area contributed by atoms with Crippen molar-refractivity contribution in [3.63, 3.8) is 0 Å². The van der Waals surface area contributed by atoms with Gasteiger partial charge in [-0.3, -0.25) is 4.79 Å². The molecule has 0 fully saturated rings. The number of fused-ring (bicyclic) bond motifs is 1. The van der Waals surface area contributed by atoms with Crippen molar-refractivity contribution < 1.29 is 9.53 Å². The normalized spacial score (nSPS) is 10.7. The summed E-state index contributed by atoms with van der Waals surface area (Å²) in [6.07, 6.45) is 0.900. The zero-order valence-electron chi connectivity index (χ0n) is 11.2. The second kappa shape index (κ2) is 5.21. The maximum absolute atomic E-state index is 11.5. The van der Waals surface area contributed by atoms with E-state index in [4.69, 9.17) is 4.74 Å². The average Bonchev–Trinajstić information content (AvgIpc) is 2.86. The minimum absolute atomic E-state index is 0.591. The van der Waals surface area contributed by atoms with E-state index in [-0.39, 0.29) is 0 Å². The number of carbonyl (C=O) groups excluding carboxylic acids is 1. The van der Waals surface area contributed by atoms with Crippen molar-refractivity contribution in [2.75, 3.05) is 6.61 Å². The van der Waals surface area contributed by atoms with Crippen LogP contribution >= 0.6 is 0 Å². The maximum Gasteiger partial charge on any atom is 0.152 e. The Labute approximate surface area is 117 Å². The Morgan fingerprint density at radius 3 is 2.65 bits per heavy atom. The second-order valence-electron chi connectivity index (χ2n) is 4.51. The van der Waals surface area contributed by atoms with E-state index < -0.39 is 0 Å². The zero-order chi connectivity index (χ0) is 13.9. The molecule has 0 atom stereocenters. The highest BCUT2D eigenvalue weighted by Gasteiger charge is 2.15. The van der Waals surface area contributed by atoms with Crippen LogP contribution in [0.5, 0.6) is 5.75 Å². The number of aromatic nitrogens is 1. The van der Waals surface area contributed by atoms with Crippen molar-refractivity contribution in [1.82, 2.24) is 4.98 Å². The van der Waals surface area contributed by atoms with Crippen molar-refractivity contribution in [2.45, 2.75) is 6.92 Å². The second-order valence-corrected chi connectivity index (χ2v) is 4.51. The molecule has 2 aromatic carbocycles. The number of para-hydroxylation sites is 2. The summed E-state index contributed by atoms with van der Waals surface area (Å²) in [6, 6.07) is 15.5. The molecule has 1 N–H and O–H groups in total. The van der Waals surface area contributed by atoms with Gasteiger partial charge in [0.1, 0.15) is 5.75 Å². The number of benzene rings is 2. The van der Waals surface area contributed by atoms with E-state index in [9.17, 15) is 4.79 Å². The van der Waals surface area contributed by atoms with E-state index >= 15 is 0 Å². The van der Waals surface area contributed by atoms with E-state index in [0.717, 1.165) is 34.2 Å². The van der Waals surface area contributed by atoms with Crippen molar-refractivity contribution >= 4 is 17.2 Å². The molecule has 0 aliphatic carbocycles. The first-order valence-corrected chi connectivity index (χ1v) is 6.63.